The first kappa shape index (κ1) is 14.7. The van der Waals surface area contributed by atoms with E-state index < -0.39 is 0 Å². The number of carbonyl (C=O) groups excluding carboxylic acids is 1. The fourth-order valence-corrected chi connectivity index (χ4v) is 3.38. The van der Waals surface area contributed by atoms with E-state index in [0.717, 1.165) is 24.3 Å². The number of halogens is 1. The zero-order chi connectivity index (χ0) is 13.8. The third-order valence-corrected chi connectivity index (χ3v) is 4.70. The summed E-state index contributed by atoms with van der Waals surface area (Å²) >= 11 is 7.37. The smallest absolute Gasteiger partial charge is 0.236 e. The van der Waals surface area contributed by atoms with Gasteiger partial charge in [-0.3, -0.25) is 4.79 Å². The molecule has 1 aromatic rings. The van der Waals surface area contributed by atoms with Crippen molar-refractivity contribution in [3.05, 3.63) is 29.3 Å². The Bertz CT molecular complexity index is 438. The number of carbonyl (C=O) groups is 1. The van der Waals surface area contributed by atoms with E-state index in [-0.39, 0.29) is 23.8 Å². The van der Waals surface area contributed by atoms with Crippen LogP contribution in [0.15, 0.2) is 29.2 Å². The standard InChI is InChI=1S/C14H18ClNO2S/c1-10(19-13-6-4-11(15)5-7-13)14(18)16-8-2-3-12(16)9-17/h4-7,10,12,17H,2-3,8-9H2,1H3/t10?,12-/m1/s1. The van der Waals surface area contributed by atoms with Gasteiger partial charge in [-0.2, -0.15) is 0 Å². The van der Waals surface area contributed by atoms with Gasteiger partial charge in [-0.05, 0) is 44.0 Å². The van der Waals surface area contributed by atoms with Crippen LogP contribution >= 0.6 is 23.4 Å². The van der Waals surface area contributed by atoms with Crippen molar-refractivity contribution >= 4 is 29.3 Å². The summed E-state index contributed by atoms with van der Waals surface area (Å²) in [6.07, 6.45) is 1.88. The summed E-state index contributed by atoms with van der Waals surface area (Å²) in [5.41, 5.74) is 0. The van der Waals surface area contributed by atoms with Gasteiger partial charge < -0.3 is 10.0 Å². The molecular weight excluding hydrogens is 282 g/mol. The lowest BCUT2D eigenvalue weighted by molar-refractivity contribution is -0.131. The number of aliphatic hydroxyl groups excluding tert-OH is 1. The van der Waals surface area contributed by atoms with Crippen molar-refractivity contribution in [1.29, 1.82) is 0 Å². The molecule has 3 nitrogen and oxygen atoms in total. The maximum Gasteiger partial charge on any atom is 0.236 e. The van der Waals surface area contributed by atoms with E-state index in [0.29, 0.717) is 5.02 Å². The van der Waals surface area contributed by atoms with Crippen molar-refractivity contribution in [2.75, 3.05) is 13.2 Å². The third-order valence-electron chi connectivity index (χ3n) is 3.35. The topological polar surface area (TPSA) is 40.5 Å². The summed E-state index contributed by atoms with van der Waals surface area (Å²) in [4.78, 5) is 15.2. The average Bonchev–Trinajstić information content (AvgIpc) is 2.88. The van der Waals surface area contributed by atoms with Crippen molar-refractivity contribution in [2.24, 2.45) is 0 Å². The second-order valence-corrected chi connectivity index (χ2v) is 6.57. The molecule has 0 aliphatic carbocycles. The zero-order valence-electron chi connectivity index (χ0n) is 10.9. The highest BCUT2D eigenvalue weighted by Gasteiger charge is 2.31. The molecule has 1 fully saturated rings. The highest BCUT2D eigenvalue weighted by atomic mass is 35.5. The van der Waals surface area contributed by atoms with Crippen LogP contribution in [0.3, 0.4) is 0 Å². The van der Waals surface area contributed by atoms with Gasteiger partial charge in [-0.25, -0.2) is 0 Å². The van der Waals surface area contributed by atoms with Crippen LogP contribution in [0.5, 0.6) is 0 Å². The number of likely N-dealkylation sites (tertiary alicyclic amines) is 1. The minimum Gasteiger partial charge on any atom is -0.394 e. The van der Waals surface area contributed by atoms with Crippen LogP contribution in [0, 0.1) is 0 Å². The Kier molecular flexibility index (Phi) is 5.13. The number of thioether (sulfide) groups is 1. The van der Waals surface area contributed by atoms with E-state index in [1.165, 1.54) is 11.8 Å². The Hall–Kier alpha value is -0.710. The predicted molar refractivity (Wildman–Crippen MR) is 78.6 cm³/mol. The molecule has 5 heteroatoms. The van der Waals surface area contributed by atoms with Crippen LogP contribution in [0.1, 0.15) is 19.8 Å². The average molecular weight is 300 g/mol. The minimum atomic E-state index is -0.145. The fourth-order valence-electron chi connectivity index (χ4n) is 2.32. The Balaban J connectivity index is 1.97. The Morgan fingerprint density at radius 1 is 1.53 bits per heavy atom. The summed E-state index contributed by atoms with van der Waals surface area (Å²) in [6, 6.07) is 7.50. The lowest BCUT2D eigenvalue weighted by Gasteiger charge is -2.26. The second kappa shape index (κ2) is 6.64. The highest BCUT2D eigenvalue weighted by Crippen LogP contribution is 2.28. The van der Waals surface area contributed by atoms with Gasteiger partial charge in [0, 0.05) is 16.5 Å². The molecule has 1 aliphatic rings. The molecule has 0 spiro atoms. The first-order chi connectivity index (χ1) is 9.11. The van der Waals surface area contributed by atoms with Gasteiger partial charge in [0.05, 0.1) is 17.9 Å². The summed E-state index contributed by atoms with van der Waals surface area (Å²) < 4.78 is 0. The molecule has 1 unspecified atom stereocenters. The first-order valence-corrected chi connectivity index (χ1v) is 7.71. The summed E-state index contributed by atoms with van der Waals surface area (Å²) in [6.45, 7) is 2.73. The monoisotopic (exact) mass is 299 g/mol. The van der Waals surface area contributed by atoms with Gasteiger partial charge in [-0.1, -0.05) is 11.6 Å². The largest absolute Gasteiger partial charge is 0.394 e. The van der Waals surface area contributed by atoms with Crippen molar-refractivity contribution in [3.63, 3.8) is 0 Å². The Morgan fingerprint density at radius 3 is 2.84 bits per heavy atom. The zero-order valence-corrected chi connectivity index (χ0v) is 12.5. The molecular formula is C14H18ClNO2S. The van der Waals surface area contributed by atoms with Crippen molar-refractivity contribution in [1.82, 2.24) is 4.90 Å². The maximum absolute atomic E-state index is 12.4. The van der Waals surface area contributed by atoms with Crippen LogP contribution < -0.4 is 0 Å². The predicted octanol–water partition coefficient (Wildman–Crippen LogP) is 2.80. The number of hydrogen-bond donors (Lipinski definition) is 1. The molecule has 104 valence electrons. The number of rotatable bonds is 4. The van der Waals surface area contributed by atoms with Gasteiger partial charge in [0.1, 0.15) is 0 Å². The van der Waals surface area contributed by atoms with Crippen LogP contribution in [-0.4, -0.2) is 40.4 Å². The van der Waals surface area contributed by atoms with Gasteiger partial charge in [0.15, 0.2) is 0 Å². The molecule has 1 amide bonds. The van der Waals surface area contributed by atoms with Crippen LogP contribution in [0.25, 0.3) is 0 Å². The Labute approximate surface area is 122 Å². The highest BCUT2D eigenvalue weighted by molar-refractivity contribution is 8.00. The summed E-state index contributed by atoms with van der Waals surface area (Å²) in [7, 11) is 0. The fraction of sp³-hybridized carbons (Fsp3) is 0.500. The van der Waals surface area contributed by atoms with Crippen LogP contribution in [-0.2, 0) is 4.79 Å². The molecule has 1 heterocycles. The lowest BCUT2D eigenvalue weighted by atomic mass is 10.2. The number of amides is 1. The maximum atomic E-state index is 12.4. The third kappa shape index (κ3) is 3.65. The molecule has 1 aromatic carbocycles. The van der Waals surface area contributed by atoms with E-state index in [9.17, 15) is 9.90 Å². The summed E-state index contributed by atoms with van der Waals surface area (Å²) in [5.74, 6) is 0.108. The van der Waals surface area contributed by atoms with Gasteiger partial charge in [-0.15, -0.1) is 11.8 Å². The molecule has 1 N–H and O–H groups in total. The SMILES string of the molecule is CC(Sc1ccc(Cl)cc1)C(=O)N1CCC[C@@H]1CO. The quantitative estimate of drug-likeness (QED) is 0.869. The summed E-state index contributed by atoms with van der Waals surface area (Å²) in [5, 5.41) is 9.82. The van der Waals surface area contributed by atoms with Crippen LogP contribution in [0.2, 0.25) is 5.02 Å². The van der Waals surface area contributed by atoms with Crippen LogP contribution in [0.4, 0.5) is 0 Å². The van der Waals surface area contributed by atoms with Crippen molar-refractivity contribution in [3.8, 4) is 0 Å². The molecule has 1 saturated heterocycles. The number of benzene rings is 1. The number of aliphatic hydroxyl groups is 1. The van der Waals surface area contributed by atoms with E-state index in [2.05, 4.69) is 0 Å². The van der Waals surface area contributed by atoms with E-state index >= 15 is 0 Å². The van der Waals surface area contributed by atoms with Gasteiger partial charge in [0.25, 0.3) is 0 Å². The molecule has 2 rings (SSSR count). The molecule has 0 bridgehead atoms. The molecule has 19 heavy (non-hydrogen) atoms. The molecule has 0 aromatic heterocycles. The number of nitrogens with zero attached hydrogens (tertiary/aromatic N) is 1. The van der Waals surface area contributed by atoms with Gasteiger partial charge >= 0.3 is 0 Å². The minimum absolute atomic E-state index is 0.000711. The molecule has 0 saturated carbocycles. The molecule has 1 aliphatic heterocycles. The Morgan fingerprint density at radius 2 is 2.21 bits per heavy atom. The van der Waals surface area contributed by atoms with E-state index in [1.807, 2.05) is 36.1 Å². The van der Waals surface area contributed by atoms with E-state index in [1.54, 1.807) is 0 Å². The normalized spacial score (nSPS) is 20.6. The van der Waals surface area contributed by atoms with E-state index in [4.69, 9.17) is 11.6 Å². The second-order valence-electron chi connectivity index (χ2n) is 4.72. The molecule has 2 atom stereocenters. The number of hydrogen-bond acceptors (Lipinski definition) is 3. The lowest BCUT2D eigenvalue weighted by Crippen LogP contribution is -2.41. The van der Waals surface area contributed by atoms with Crippen molar-refractivity contribution < 1.29 is 9.90 Å². The van der Waals surface area contributed by atoms with Gasteiger partial charge in [0.2, 0.25) is 5.91 Å². The first-order valence-electron chi connectivity index (χ1n) is 6.45. The van der Waals surface area contributed by atoms with Crippen molar-refractivity contribution in [2.45, 2.75) is 36.0 Å². The molecule has 0 radical (unpaired) electrons.